The van der Waals surface area contributed by atoms with Crippen LogP contribution in [-0.4, -0.2) is 28.4 Å². The minimum atomic E-state index is -1.08. The van der Waals surface area contributed by atoms with Crippen LogP contribution in [0.2, 0.25) is 0 Å². The topological polar surface area (TPSA) is 80.6 Å². The Hall–Kier alpha value is -1.91. The third kappa shape index (κ3) is 16.5. The molecule has 0 aromatic carbocycles. The number of rotatable bonds is 13. The van der Waals surface area contributed by atoms with Crippen molar-refractivity contribution in [1.82, 2.24) is 0 Å². The maximum Gasteiger partial charge on any atom is 0.0724 e. The zero-order valence-electron chi connectivity index (χ0n) is 14.4. The summed E-state index contributed by atoms with van der Waals surface area (Å²) in [6.45, 7) is 1.93. The standard InChI is InChI=1S/C20H30O4/c1-2-18(21)14-11-9-7-5-3-4-6-8-10-12-15-19(22)16-13-17-20(23)24/h3-4,7-12,14-15,18-19,21-22H,2,5-6,13,16-17H2,1H3,(H,23,24)/p-1/b4-3-,9-7-,10-8-,14-11+,15-12+/t18-,19+/m0/s1. The van der Waals surface area contributed by atoms with Crippen LogP contribution in [0.25, 0.3) is 0 Å². The van der Waals surface area contributed by atoms with Crippen molar-refractivity contribution in [3.05, 3.63) is 60.8 Å². The van der Waals surface area contributed by atoms with E-state index in [4.69, 9.17) is 0 Å². The molecule has 0 rings (SSSR count). The summed E-state index contributed by atoms with van der Waals surface area (Å²) >= 11 is 0. The molecule has 0 aliphatic heterocycles. The van der Waals surface area contributed by atoms with Gasteiger partial charge in [0.25, 0.3) is 0 Å². The number of hydrogen-bond donors (Lipinski definition) is 2. The molecule has 0 amide bonds. The van der Waals surface area contributed by atoms with Gasteiger partial charge in [0.1, 0.15) is 0 Å². The number of carbonyl (C=O) groups is 1. The first-order valence-corrected chi connectivity index (χ1v) is 8.43. The van der Waals surface area contributed by atoms with Crippen LogP contribution in [0.1, 0.15) is 45.4 Å². The van der Waals surface area contributed by atoms with E-state index in [2.05, 4.69) is 12.2 Å². The first-order valence-electron chi connectivity index (χ1n) is 8.43. The smallest absolute Gasteiger partial charge is 0.0724 e. The van der Waals surface area contributed by atoms with Crippen LogP contribution in [0, 0.1) is 0 Å². The zero-order chi connectivity index (χ0) is 18.0. The highest BCUT2D eigenvalue weighted by Crippen LogP contribution is 2.02. The Morgan fingerprint density at radius 3 is 1.96 bits per heavy atom. The van der Waals surface area contributed by atoms with Crippen molar-refractivity contribution in [2.45, 2.75) is 57.7 Å². The maximum atomic E-state index is 10.2. The summed E-state index contributed by atoms with van der Waals surface area (Å²) in [5.74, 6) is -1.08. The Morgan fingerprint density at radius 1 is 0.917 bits per heavy atom. The SMILES string of the molecule is CC[C@H](O)/C=C/C=C\C/C=C\C/C=C\C=C\[C@@H](O)CCCC(=O)[O-]. The molecule has 0 spiro atoms. The van der Waals surface area contributed by atoms with E-state index in [-0.39, 0.29) is 12.5 Å². The predicted octanol–water partition coefficient (Wildman–Crippen LogP) is 2.60. The van der Waals surface area contributed by atoms with Gasteiger partial charge in [-0.2, -0.15) is 0 Å². The molecule has 0 aromatic rings. The monoisotopic (exact) mass is 333 g/mol. The van der Waals surface area contributed by atoms with Crippen molar-refractivity contribution in [1.29, 1.82) is 0 Å². The van der Waals surface area contributed by atoms with Gasteiger partial charge in [0.05, 0.1) is 12.2 Å². The minimum Gasteiger partial charge on any atom is -0.550 e. The first kappa shape index (κ1) is 22.1. The number of carboxylic acid groups (broad SMARTS) is 1. The molecule has 0 aliphatic carbocycles. The van der Waals surface area contributed by atoms with Crippen LogP contribution in [0.15, 0.2) is 60.8 Å². The average molecular weight is 333 g/mol. The molecule has 0 radical (unpaired) electrons. The number of aliphatic hydroxyl groups excluding tert-OH is 2. The summed E-state index contributed by atoms with van der Waals surface area (Å²) in [5.41, 5.74) is 0. The van der Waals surface area contributed by atoms with E-state index in [0.717, 1.165) is 19.3 Å². The fourth-order valence-corrected chi connectivity index (χ4v) is 1.74. The van der Waals surface area contributed by atoms with E-state index in [1.165, 1.54) is 0 Å². The maximum absolute atomic E-state index is 10.2. The lowest BCUT2D eigenvalue weighted by atomic mass is 10.1. The summed E-state index contributed by atoms with van der Waals surface area (Å²) in [4.78, 5) is 10.2. The largest absolute Gasteiger partial charge is 0.550 e. The Labute approximate surface area is 145 Å². The summed E-state index contributed by atoms with van der Waals surface area (Å²) in [6.07, 6.45) is 21.1. The lowest BCUT2D eigenvalue weighted by Gasteiger charge is -2.04. The van der Waals surface area contributed by atoms with Crippen molar-refractivity contribution in [3.8, 4) is 0 Å². The Balaban J connectivity index is 3.73. The van der Waals surface area contributed by atoms with Gasteiger partial charge >= 0.3 is 0 Å². The number of allylic oxidation sites excluding steroid dienone is 8. The third-order valence-electron chi connectivity index (χ3n) is 3.17. The number of carboxylic acids is 1. The normalized spacial score (nSPS) is 15.5. The van der Waals surface area contributed by atoms with Gasteiger partial charge in [-0.05, 0) is 38.5 Å². The van der Waals surface area contributed by atoms with Crippen LogP contribution in [0.4, 0.5) is 0 Å². The zero-order valence-corrected chi connectivity index (χ0v) is 14.4. The summed E-state index contributed by atoms with van der Waals surface area (Å²) in [6, 6.07) is 0. The molecule has 0 aromatic heterocycles. The lowest BCUT2D eigenvalue weighted by Crippen LogP contribution is -2.22. The summed E-state index contributed by atoms with van der Waals surface area (Å²) in [5, 5.41) is 29.1. The van der Waals surface area contributed by atoms with E-state index in [9.17, 15) is 20.1 Å². The van der Waals surface area contributed by atoms with Crippen LogP contribution in [0.3, 0.4) is 0 Å². The van der Waals surface area contributed by atoms with Crippen LogP contribution < -0.4 is 5.11 Å². The van der Waals surface area contributed by atoms with Crippen molar-refractivity contribution in [3.63, 3.8) is 0 Å². The summed E-state index contributed by atoms with van der Waals surface area (Å²) in [7, 11) is 0. The van der Waals surface area contributed by atoms with Crippen LogP contribution >= 0.6 is 0 Å². The molecule has 0 aliphatic rings. The Morgan fingerprint density at radius 2 is 1.46 bits per heavy atom. The highest BCUT2D eigenvalue weighted by molar-refractivity contribution is 5.64. The van der Waals surface area contributed by atoms with Crippen molar-refractivity contribution in [2.75, 3.05) is 0 Å². The van der Waals surface area contributed by atoms with Gasteiger partial charge in [-0.25, -0.2) is 0 Å². The number of aliphatic hydroxyl groups is 2. The van der Waals surface area contributed by atoms with Gasteiger partial charge in [-0.1, -0.05) is 67.7 Å². The number of aliphatic carboxylic acids is 1. The molecule has 2 atom stereocenters. The molecule has 0 saturated carbocycles. The number of hydrogen-bond acceptors (Lipinski definition) is 4. The molecule has 2 N–H and O–H groups in total. The van der Waals surface area contributed by atoms with E-state index in [1.54, 1.807) is 18.2 Å². The Kier molecular flexibility index (Phi) is 14.7. The van der Waals surface area contributed by atoms with Gasteiger partial charge in [0.15, 0.2) is 0 Å². The molecular weight excluding hydrogens is 304 g/mol. The van der Waals surface area contributed by atoms with Gasteiger partial charge in [0, 0.05) is 5.97 Å². The molecule has 4 heteroatoms. The molecular formula is C20H29O4-. The van der Waals surface area contributed by atoms with Crippen LogP contribution in [-0.2, 0) is 4.79 Å². The molecule has 0 saturated heterocycles. The Bertz CT molecular complexity index is 458. The molecule has 4 nitrogen and oxygen atoms in total. The van der Waals surface area contributed by atoms with Gasteiger partial charge in [-0.3, -0.25) is 0 Å². The quantitative estimate of drug-likeness (QED) is 0.401. The second kappa shape index (κ2) is 16.0. The first-order chi connectivity index (χ1) is 11.6. The van der Waals surface area contributed by atoms with Crippen molar-refractivity contribution >= 4 is 5.97 Å². The molecule has 134 valence electrons. The molecule has 24 heavy (non-hydrogen) atoms. The van der Waals surface area contributed by atoms with E-state index < -0.39 is 12.1 Å². The van der Waals surface area contributed by atoms with Gasteiger partial charge in [-0.15, -0.1) is 0 Å². The second-order valence-electron chi connectivity index (χ2n) is 5.38. The molecule has 0 heterocycles. The van der Waals surface area contributed by atoms with Gasteiger partial charge in [0.2, 0.25) is 0 Å². The fraction of sp³-hybridized carbons (Fsp3) is 0.450. The minimum absolute atomic E-state index is 0.0189. The number of carbonyl (C=O) groups excluding carboxylic acids is 1. The fourth-order valence-electron chi connectivity index (χ4n) is 1.74. The highest BCUT2D eigenvalue weighted by Gasteiger charge is 1.97. The molecule has 0 unspecified atom stereocenters. The average Bonchev–Trinajstić information content (AvgIpc) is 2.55. The van der Waals surface area contributed by atoms with Crippen molar-refractivity contribution < 1.29 is 20.1 Å². The van der Waals surface area contributed by atoms with E-state index >= 15 is 0 Å². The third-order valence-corrected chi connectivity index (χ3v) is 3.17. The predicted molar refractivity (Wildman–Crippen MR) is 96.1 cm³/mol. The highest BCUT2D eigenvalue weighted by atomic mass is 16.4. The molecule has 0 fully saturated rings. The molecule has 0 bridgehead atoms. The van der Waals surface area contributed by atoms with Gasteiger partial charge < -0.3 is 20.1 Å². The van der Waals surface area contributed by atoms with Crippen molar-refractivity contribution in [2.24, 2.45) is 0 Å². The van der Waals surface area contributed by atoms with Crippen LogP contribution in [0.5, 0.6) is 0 Å². The second-order valence-corrected chi connectivity index (χ2v) is 5.38. The lowest BCUT2D eigenvalue weighted by molar-refractivity contribution is -0.305. The van der Waals surface area contributed by atoms with E-state index in [1.807, 2.05) is 37.3 Å². The summed E-state index contributed by atoms with van der Waals surface area (Å²) < 4.78 is 0. The van der Waals surface area contributed by atoms with E-state index in [0.29, 0.717) is 12.8 Å².